The lowest BCUT2D eigenvalue weighted by Gasteiger charge is -2.23. The topological polar surface area (TPSA) is 55.6 Å². The van der Waals surface area contributed by atoms with Gasteiger partial charge in [0, 0.05) is 24.9 Å². The molecule has 5 heteroatoms. The molecular weight excluding hydrogens is 240 g/mol. The van der Waals surface area contributed by atoms with Crippen LogP contribution in [0.25, 0.3) is 0 Å². The molecule has 94 valence electrons. The van der Waals surface area contributed by atoms with Crippen molar-refractivity contribution in [3.63, 3.8) is 0 Å². The van der Waals surface area contributed by atoms with Gasteiger partial charge in [-0.15, -0.1) is 12.4 Å². The largest absolute Gasteiger partial charge is 0.399 e. The lowest BCUT2D eigenvalue weighted by molar-refractivity contribution is 0.0711. The number of carbonyl (C=O) groups is 1. The maximum Gasteiger partial charge on any atom is 0.254 e. The first-order valence-electron chi connectivity index (χ1n) is 5.39. The number of anilines is 1. The molecule has 1 aromatic rings. The van der Waals surface area contributed by atoms with E-state index in [4.69, 9.17) is 10.5 Å². The van der Waals surface area contributed by atoms with E-state index < -0.39 is 0 Å². The van der Waals surface area contributed by atoms with Crippen LogP contribution in [0.3, 0.4) is 0 Å². The average molecular weight is 257 g/mol. The van der Waals surface area contributed by atoms with Gasteiger partial charge in [0.2, 0.25) is 0 Å². The van der Waals surface area contributed by atoms with Crippen molar-refractivity contribution in [3.8, 4) is 0 Å². The lowest BCUT2D eigenvalue weighted by atomic mass is 10.1. The Labute approximate surface area is 107 Å². The third kappa shape index (κ3) is 3.11. The molecule has 1 unspecified atom stereocenters. The molecule has 1 aliphatic heterocycles. The van der Waals surface area contributed by atoms with Gasteiger partial charge in [-0.3, -0.25) is 4.79 Å². The summed E-state index contributed by atoms with van der Waals surface area (Å²) in [6.07, 6.45) is 0.907. The molecule has 2 rings (SSSR count). The highest BCUT2D eigenvalue weighted by Crippen LogP contribution is 2.15. The Morgan fingerprint density at radius 1 is 1.53 bits per heavy atom. The lowest BCUT2D eigenvalue weighted by Crippen LogP contribution is -2.37. The zero-order valence-electron chi connectivity index (χ0n) is 9.76. The second-order valence-electron chi connectivity index (χ2n) is 4.06. The van der Waals surface area contributed by atoms with Gasteiger partial charge in [-0.2, -0.15) is 0 Å². The van der Waals surface area contributed by atoms with Crippen LogP contribution >= 0.6 is 12.4 Å². The Morgan fingerprint density at radius 3 is 2.88 bits per heavy atom. The highest BCUT2D eigenvalue weighted by atomic mass is 35.5. The number of nitrogen functional groups attached to an aromatic ring is 1. The van der Waals surface area contributed by atoms with Gasteiger partial charge in [-0.25, -0.2) is 0 Å². The number of amides is 1. The molecule has 0 spiro atoms. The zero-order chi connectivity index (χ0) is 11.5. The van der Waals surface area contributed by atoms with Crippen LogP contribution in [0.5, 0.6) is 0 Å². The molecular formula is C12H17ClN2O2. The van der Waals surface area contributed by atoms with Gasteiger partial charge in [0.25, 0.3) is 5.91 Å². The maximum absolute atomic E-state index is 12.1. The van der Waals surface area contributed by atoms with E-state index in [1.165, 1.54) is 0 Å². The molecule has 1 aliphatic rings. The molecule has 2 N–H and O–H groups in total. The van der Waals surface area contributed by atoms with Crippen molar-refractivity contribution >= 4 is 24.0 Å². The summed E-state index contributed by atoms with van der Waals surface area (Å²) in [4.78, 5) is 13.8. The monoisotopic (exact) mass is 256 g/mol. The SMILES string of the molecule is CN(C(=O)c1cccc(N)c1)C1CCOC1.Cl. The second-order valence-corrected chi connectivity index (χ2v) is 4.06. The van der Waals surface area contributed by atoms with Gasteiger partial charge >= 0.3 is 0 Å². The maximum atomic E-state index is 12.1. The fraction of sp³-hybridized carbons (Fsp3) is 0.417. The van der Waals surface area contributed by atoms with Gasteiger partial charge in [0.05, 0.1) is 12.6 Å². The van der Waals surface area contributed by atoms with E-state index in [9.17, 15) is 4.79 Å². The van der Waals surface area contributed by atoms with E-state index in [0.29, 0.717) is 17.9 Å². The first-order chi connectivity index (χ1) is 7.68. The molecule has 1 fully saturated rings. The summed E-state index contributed by atoms with van der Waals surface area (Å²) in [5.74, 6) is 0.00259. The van der Waals surface area contributed by atoms with Crippen molar-refractivity contribution in [2.75, 3.05) is 26.0 Å². The molecule has 0 aromatic heterocycles. The number of ether oxygens (including phenoxy) is 1. The van der Waals surface area contributed by atoms with Crippen molar-refractivity contribution in [3.05, 3.63) is 29.8 Å². The highest BCUT2D eigenvalue weighted by Gasteiger charge is 2.24. The minimum atomic E-state index is 0. The van der Waals surface area contributed by atoms with Crippen LogP contribution in [0.4, 0.5) is 5.69 Å². The number of nitrogens with zero attached hydrogens (tertiary/aromatic N) is 1. The van der Waals surface area contributed by atoms with E-state index in [1.807, 2.05) is 7.05 Å². The molecule has 1 heterocycles. The second kappa shape index (κ2) is 5.89. The number of benzene rings is 1. The molecule has 0 bridgehead atoms. The van der Waals surface area contributed by atoms with Crippen molar-refractivity contribution in [1.29, 1.82) is 0 Å². The Bertz CT molecular complexity index is 392. The van der Waals surface area contributed by atoms with E-state index in [0.717, 1.165) is 13.0 Å². The summed E-state index contributed by atoms with van der Waals surface area (Å²) >= 11 is 0. The van der Waals surface area contributed by atoms with Crippen LogP contribution in [0, 0.1) is 0 Å². The quantitative estimate of drug-likeness (QED) is 0.817. The fourth-order valence-corrected chi connectivity index (χ4v) is 1.87. The average Bonchev–Trinajstić information content (AvgIpc) is 2.80. The highest BCUT2D eigenvalue weighted by molar-refractivity contribution is 5.95. The van der Waals surface area contributed by atoms with Crippen molar-refractivity contribution in [2.45, 2.75) is 12.5 Å². The molecule has 1 amide bonds. The Morgan fingerprint density at radius 2 is 2.29 bits per heavy atom. The van der Waals surface area contributed by atoms with Crippen LogP contribution in [0.15, 0.2) is 24.3 Å². The Hall–Kier alpha value is -1.26. The molecule has 1 aromatic carbocycles. The van der Waals surface area contributed by atoms with Gasteiger partial charge in [-0.05, 0) is 24.6 Å². The number of nitrogens with two attached hydrogens (primary N) is 1. The summed E-state index contributed by atoms with van der Waals surface area (Å²) in [5, 5.41) is 0. The van der Waals surface area contributed by atoms with E-state index in [1.54, 1.807) is 29.2 Å². The summed E-state index contributed by atoms with van der Waals surface area (Å²) in [7, 11) is 1.81. The first-order valence-corrected chi connectivity index (χ1v) is 5.39. The minimum absolute atomic E-state index is 0. The van der Waals surface area contributed by atoms with Crippen molar-refractivity contribution < 1.29 is 9.53 Å². The molecule has 4 nitrogen and oxygen atoms in total. The number of halogens is 1. The normalized spacial score (nSPS) is 18.5. The number of hydrogen-bond acceptors (Lipinski definition) is 3. The molecule has 0 radical (unpaired) electrons. The molecule has 1 atom stereocenters. The van der Waals surface area contributed by atoms with Crippen LogP contribution in [0.2, 0.25) is 0 Å². The minimum Gasteiger partial charge on any atom is -0.399 e. The molecule has 17 heavy (non-hydrogen) atoms. The van der Waals surface area contributed by atoms with E-state index in [2.05, 4.69) is 0 Å². The van der Waals surface area contributed by atoms with Crippen molar-refractivity contribution in [2.24, 2.45) is 0 Å². The molecule has 0 saturated carbocycles. The van der Waals surface area contributed by atoms with Gasteiger partial charge in [0.1, 0.15) is 0 Å². The smallest absolute Gasteiger partial charge is 0.254 e. The van der Waals surface area contributed by atoms with E-state index in [-0.39, 0.29) is 24.4 Å². The van der Waals surface area contributed by atoms with Gasteiger partial charge in [0.15, 0.2) is 0 Å². The van der Waals surface area contributed by atoms with Gasteiger partial charge < -0.3 is 15.4 Å². The Kier molecular flexibility index (Phi) is 4.78. The zero-order valence-corrected chi connectivity index (χ0v) is 10.6. The fourth-order valence-electron chi connectivity index (χ4n) is 1.87. The van der Waals surface area contributed by atoms with Crippen LogP contribution < -0.4 is 5.73 Å². The molecule has 1 saturated heterocycles. The van der Waals surface area contributed by atoms with Crippen LogP contribution in [-0.4, -0.2) is 37.1 Å². The number of rotatable bonds is 2. The number of carbonyl (C=O) groups excluding carboxylic acids is 1. The van der Waals surface area contributed by atoms with Crippen LogP contribution in [0.1, 0.15) is 16.8 Å². The number of likely N-dealkylation sites (N-methyl/N-ethyl adjacent to an activating group) is 1. The summed E-state index contributed by atoms with van der Waals surface area (Å²) in [5.41, 5.74) is 6.90. The van der Waals surface area contributed by atoms with Crippen LogP contribution in [-0.2, 0) is 4.74 Å². The predicted molar refractivity (Wildman–Crippen MR) is 69.4 cm³/mol. The van der Waals surface area contributed by atoms with Crippen molar-refractivity contribution in [1.82, 2.24) is 4.90 Å². The summed E-state index contributed by atoms with van der Waals surface area (Å²) < 4.78 is 5.27. The Balaban J connectivity index is 0.00000144. The van der Waals surface area contributed by atoms with E-state index >= 15 is 0 Å². The molecule has 0 aliphatic carbocycles. The summed E-state index contributed by atoms with van der Waals surface area (Å²) in [6.45, 7) is 1.36. The summed E-state index contributed by atoms with van der Waals surface area (Å²) in [6, 6.07) is 7.24. The predicted octanol–water partition coefficient (Wildman–Crippen LogP) is 1.55. The standard InChI is InChI=1S/C12H16N2O2.ClH/c1-14(11-5-6-16-8-11)12(15)9-3-2-4-10(13)7-9;/h2-4,7,11H,5-6,8,13H2,1H3;1H. The third-order valence-corrected chi connectivity index (χ3v) is 2.91. The number of hydrogen-bond donors (Lipinski definition) is 1. The van der Waals surface area contributed by atoms with Gasteiger partial charge in [-0.1, -0.05) is 6.07 Å². The first kappa shape index (κ1) is 13.8. The third-order valence-electron chi connectivity index (χ3n) is 2.91.